The van der Waals surface area contributed by atoms with Crippen LogP contribution in [0.15, 0.2) is 59.9 Å². The van der Waals surface area contributed by atoms with Gasteiger partial charge in [0.25, 0.3) is 5.91 Å². The summed E-state index contributed by atoms with van der Waals surface area (Å²) in [7, 11) is 0. The van der Waals surface area contributed by atoms with Gasteiger partial charge in [-0.05, 0) is 54.1 Å². The van der Waals surface area contributed by atoms with E-state index in [9.17, 15) is 13.6 Å². The molecule has 3 aromatic rings. The van der Waals surface area contributed by atoms with Crippen molar-refractivity contribution in [1.29, 1.82) is 0 Å². The number of carbonyl (C=O) groups is 1. The number of aromatic nitrogens is 3. The fourth-order valence-electron chi connectivity index (χ4n) is 3.36. The summed E-state index contributed by atoms with van der Waals surface area (Å²) in [6, 6.07) is 10.3. The molecule has 2 unspecified atom stereocenters. The van der Waals surface area contributed by atoms with Crippen LogP contribution in [0.4, 0.5) is 0 Å². The van der Waals surface area contributed by atoms with Gasteiger partial charge in [0.05, 0.1) is 23.6 Å². The van der Waals surface area contributed by atoms with Crippen LogP contribution in [0.25, 0.3) is 11.3 Å². The fourth-order valence-corrected chi connectivity index (χ4v) is 3.77. The maximum Gasteiger partial charge on any atom is 0.272 e. The fraction of sp³-hybridized carbons (Fsp3) is 0.200. The third-order valence-corrected chi connectivity index (χ3v) is 5.34. The standard InChI is InChI=1S/C20H18N4O3S/c25-20(18-12-21-9-10-22-18)24-17-6-2-3-13-7-8-16(23-19(13)17)14-4-1-5-15(11-14)28(26)27/h1,4-5,7-12,17H,2-3,6H2,(H,24,25)(H,26,27)/p-1. The Labute approximate surface area is 164 Å². The number of nitrogens with zero attached hydrogens (tertiary/aromatic N) is 3. The molecule has 1 aliphatic rings. The molecule has 1 amide bonds. The zero-order chi connectivity index (χ0) is 19.5. The number of carbonyl (C=O) groups excluding carboxylic acids is 1. The van der Waals surface area contributed by atoms with Crippen molar-refractivity contribution in [3.63, 3.8) is 0 Å². The molecule has 1 aromatic carbocycles. The first-order chi connectivity index (χ1) is 13.6. The number of nitrogens with one attached hydrogen (secondary N) is 1. The number of fused-ring (bicyclic) bond motifs is 1. The molecule has 1 N–H and O–H groups in total. The lowest BCUT2D eigenvalue weighted by molar-refractivity contribution is 0.0926. The SMILES string of the molecule is O=C(NC1CCCc2ccc(-c3cccc(S(=O)[O-])c3)nc21)c1cnccn1. The van der Waals surface area contributed by atoms with Crippen LogP contribution in [0, 0.1) is 0 Å². The highest BCUT2D eigenvalue weighted by Gasteiger charge is 2.24. The number of aryl methyl sites for hydroxylation is 1. The van der Waals surface area contributed by atoms with E-state index >= 15 is 0 Å². The molecule has 0 saturated heterocycles. The van der Waals surface area contributed by atoms with Crippen LogP contribution in [0.5, 0.6) is 0 Å². The van der Waals surface area contributed by atoms with E-state index in [-0.39, 0.29) is 22.5 Å². The first-order valence-corrected chi connectivity index (χ1v) is 9.96. The lowest BCUT2D eigenvalue weighted by Crippen LogP contribution is -2.32. The molecule has 142 valence electrons. The Morgan fingerprint density at radius 3 is 2.89 bits per heavy atom. The molecule has 7 nitrogen and oxygen atoms in total. The predicted octanol–water partition coefficient (Wildman–Crippen LogP) is 2.58. The van der Waals surface area contributed by atoms with Crippen LogP contribution in [-0.2, 0) is 17.5 Å². The Balaban J connectivity index is 1.65. The summed E-state index contributed by atoms with van der Waals surface area (Å²) in [5.41, 5.74) is 3.55. The number of benzene rings is 1. The van der Waals surface area contributed by atoms with E-state index in [1.54, 1.807) is 12.1 Å². The van der Waals surface area contributed by atoms with Crippen molar-refractivity contribution < 1.29 is 13.6 Å². The van der Waals surface area contributed by atoms with Crippen molar-refractivity contribution in [3.8, 4) is 11.3 Å². The molecule has 2 aromatic heterocycles. The van der Waals surface area contributed by atoms with Crippen LogP contribution in [0.3, 0.4) is 0 Å². The second-order valence-corrected chi connectivity index (χ2v) is 7.45. The van der Waals surface area contributed by atoms with Gasteiger partial charge in [-0.15, -0.1) is 0 Å². The van der Waals surface area contributed by atoms with Crippen molar-refractivity contribution in [3.05, 3.63) is 71.9 Å². The second-order valence-electron chi connectivity index (χ2n) is 6.51. The van der Waals surface area contributed by atoms with Gasteiger partial charge in [-0.3, -0.25) is 19.0 Å². The molecule has 0 bridgehead atoms. The molecule has 0 saturated carbocycles. The molecule has 0 aliphatic heterocycles. The van der Waals surface area contributed by atoms with Crippen molar-refractivity contribution in [2.45, 2.75) is 30.2 Å². The number of hydrogen-bond donors (Lipinski definition) is 1. The van der Waals surface area contributed by atoms with E-state index in [2.05, 4.69) is 15.3 Å². The van der Waals surface area contributed by atoms with E-state index in [1.165, 1.54) is 24.7 Å². The summed E-state index contributed by atoms with van der Waals surface area (Å²) in [5.74, 6) is -0.290. The molecule has 28 heavy (non-hydrogen) atoms. The molecule has 4 rings (SSSR count). The first-order valence-electron chi connectivity index (χ1n) is 8.88. The van der Waals surface area contributed by atoms with Crippen molar-refractivity contribution in [1.82, 2.24) is 20.3 Å². The van der Waals surface area contributed by atoms with Crippen LogP contribution >= 0.6 is 0 Å². The minimum Gasteiger partial charge on any atom is -0.768 e. The van der Waals surface area contributed by atoms with E-state index in [0.717, 1.165) is 30.5 Å². The largest absolute Gasteiger partial charge is 0.768 e. The number of rotatable bonds is 4. The lowest BCUT2D eigenvalue weighted by atomic mass is 9.91. The van der Waals surface area contributed by atoms with Gasteiger partial charge in [-0.2, -0.15) is 0 Å². The molecule has 2 atom stereocenters. The highest BCUT2D eigenvalue weighted by atomic mass is 32.2. The number of hydrogen-bond acceptors (Lipinski definition) is 6. The second kappa shape index (κ2) is 7.95. The molecule has 2 heterocycles. The lowest BCUT2D eigenvalue weighted by Gasteiger charge is -2.26. The Morgan fingerprint density at radius 1 is 1.21 bits per heavy atom. The van der Waals surface area contributed by atoms with Gasteiger partial charge in [-0.1, -0.05) is 18.2 Å². The van der Waals surface area contributed by atoms with Gasteiger partial charge in [0.15, 0.2) is 0 Å². The van der Waals surface area contributed by atoms with Gasteiger partial charge in [-0.25, -0.2) is 4.98 Å². The minimum absolute atomic E-state index is 0.213. The Kier molecular flexibility index (Phi) is 5.23. The number of amides is 1. The summed E-state index contributed by atoms with van der Waals surface area (Å²) in [5, 5.41) is 3.00. The summed E-state index contributed by atoms with van der Waals surface area (Å²) >= 11 is -2.30. The summed E-state index contributed by atoms with van der Waals surface area (Å²) in [6.07, 6.45) is 7.04. The molecular weight excluding hydrogens is 376 g/mol. The quantitative estimate of drug-likeness (QED) is 0.683. The van der Waals surface area contributed by atoms with Crippen molar-refractivity contribution >= 4 is 17.0 Å². The highest BCUT2D eigenvalue weighted by molar-refractivity contribution is 7.79. The average molecular weight is 393 g/mol. The highest BCUT2D eigenvalue weighted by Crippen LogP contribution is 2.31. The van der Waals surface area contributed by atoms with E-state index < -0.39 is 11.1 Å². The summed E-state index contributed by atoms with van der Waals surface area (Å²) < 4.78 is 22.5. The normalized spacial score (nSPS) is 16.8. The number of pyridine rings is 1. The zero-order valence-electron chi connectivity index (χ0n) is 14.9. The van der Waals surface area contributed by atoms with Crippen LogP contribution in [-0.4, -0.2) is 29.6 Å². The van der Waals surface area contributed by atoms with Gasteiger partial charge in [0.2, 0.25) is 0 Å². The molecule has 0 radical (unpaired) electrons. The monoisotopic (exact) mass is 393 g/mol. The van der Waals surface area contributed by atoms with Crippen LogP contribution < -0.4 is 5.32 Å². The van der Waals surface area contributed by atoms with E-state index in [4.69, 9.17) is 4.98 Å². The smallest absolute Gasteiger partial charge is 0.272 e. The van der Waals surface area contributed by atoms with Gasteiger partial charge >= 0.3 is 0 Å². The third kappa shape index (κ3) is 3.83. The molecule has 1 aliphatic carbocycles. The average Bonchev–Trinajstić information content (AvgIpc) is 2.74. The van der Waals surface area contributed by atoms with Gasteiger partial charge in [0, 0.05) is 22.9 Å². The first kappa shape index (κ1) is 18.4. The summed E-state index contributed by atoms with van der Waals surface area (Å²) in [6.45, 7) is 0. The molecule has 0 fully saturated rings. The van der Waals surface area contributed by atoms with Crippen LogP contribution in [0.1, 0.15) is 40.6 Å². The molecule has 0 spiro atoms. The maximum atomic E-state index is 12.5. The maximum absolute atomic E-state index is 12.5. The Morgan fingerprint density at radius 2 is 2.11 bits per heavy atom. The van der Waals surface area contributed by atoms with Gasteiger partial charge in [0.1, 0.15) is 5.69 Å². The Hall–Kier alpha value is -2.97. The minimum atomic E-state index is -2.30. The third-order valence-electron chi connectivity index (χ3n) is 4.70. The van der Waals surface area contributed by atoms with E-state index in [0.29, 0.717) is 11.3 Å². The van der Waals surface area contributed by atoms with Gasteiger partial charge < -0.3 is 9.87 Å². The van der Waals surface area contributed by atoms with Crippen molar-refractivity contribution in [2.75, 3.05) is 0 Å². The van der Waals surface area contributed by atoms with E-state index in [1.807, 2.05) is 18.2 Å². The predicted molar refractivity (Wildman–Crippen MR) is 102 cm³/mol. The Bertz CT molecular complexity index is 1040. The molecule has 8 heteroatoms. The summed E-state index contributed by atoms with van der Waals surface area (Å²) in [4.78, 5) is 25.4. The zero-order valence-corrected chi connectivity index (χ0v) is 15.7. The van der Waals surface area contributed by atoms with Crippen molar-refractivity contribution in [2.24, 2.45) is 0 Å². The topological polar surface area (TPSA) is 108 Å². The molecular formula is C20H17N4O3S-. The van der Waals surface area contributed by atoms with Crippen LogP contribution in [0.2, 0.25) is 0 Å².